The van der Waals surface area contributed by atoms with Crippen LogP contribution in [0.4, 0.5) is 0 Å². The first-order valence-electron chi connectivity index (χ1n) is 6.09. The van der Waals surface area contributed by atoms with Crippen molar-refractivity contribution in [2.45, 2.75) is 32.5 Å². The van der Waals surface area contributed by atoms with Gasteiger partial charge in [-0.25, -0.2) is 0 Å². The average Bonchev–Trinajstić information content (AvgIpc) is 2.29. The number of hydrogen-bond donors (Lipinski definition) is 1. The lowest BCUT2D eigenvalue weighted by molar-refractivity contribution is -0.0885. The Morgan fingerprint density at radius 1 is 1.47 bits per heavy atom. The summed E-state index contributed by atoms with van der Waals surface area (Å²) in [6.45, 7) is 8.43. The predicted molar refractivity (Wildman–Crippen MR) is 67.4 cm³/mol. The summed E-state index contributed by atoms with van der Waals surface area (Å²) < 4.78 is 5.69. The molecule has 2 N–H and O–H groups in total. The fraction of sp³-hybridized carbons (Fsp3) is 0.615. The third-order valence-electron chi connectivity index (χ3n) is 3.01. The van der Waals surface area contributed by atoms with Crippen LogP contribution in [0.15, 0.2) is 18.3 Å². The van der Waals surface area contributed by atoms with Gasteiger partial charge in [0.25, 0.3) is 0 Å². The van der Waals surface area contributed by atoms with E-state index in [1.807, 2.05) is 12.3 Å². The summed E-state index contributed by atoms with van der Waals surface area (Å²) in [6.07, 6.45) is 1.86. The molecule has 0 unspecified atom stereocenters. The SMILES string of the molecule is CC1(C)CN(Cc2ccc(CN)cn2)CCO1. The van der Waals surface area contributed by atoms with Gasteiger partial charge in [-0.1, -0.05) is 6.07 Å². The monoisotopic (exact) mass is 235 g/mol. The van der Waals surface area contributed by atoms with Crippen molar-refractivity contribution in [2.75, 3.05) is 19.7 Å². The Labute approximate surface area is 103 Å². The van der Waals surface area contributed by atoms with E-state index in [4.69, 9.17) is 10.5 Å². The van der Waals surface area contributed by atoms with Gasteiger partial charge >= 0.3 is 0 Å². The maximum atomic E-state index is 5.69. The van der Waals surface area contributed by atoms with Gasteiger partial charge in [-0.05, 0) is 25.5 Å². The van der Waals surface area contributed by atoms with Crippen molar-refractivity contribution < 1.29 is 4.74 Å². The lowest BCUT2D eigenvalue weighted by atomic mass is 10.1. The summed E-state index contributed by atoms with van der Waals surface area (Å²) in [5.74, 6) is 0. The third-order valence-corrected chi connectivity index (χ3v) is 3.01. The molecule has 1 fully saturated rings. The van der Waals surface area contributed by atoms with E-state index in [9.17, 15) is 0 Å². The molecule has 0 radical (unpaired) electrons. The Balaban J connectivity index is 1.95. The molecule has 1 aliphatic heterocycles. The maximum Gasteiger partial charge on any atom is 0.0753 e. The highest BCUT2D eigenvalue weighted by atomic mass is 16.5. The minimum Gasteiger partial charge on any atom is -0.373 e. The van der Waals surface area contributed by atoms with E-state index in [-0.39, 0.29) is 5.60 Å². The topological polar surface area (TPSA) is 51.4 Å². The van der Waals surface area contributed by atoms with Crippen molar-refractivity contribution in [3.8, 4) is 0 Å². The molecule has 4 nitrogen and oxygen atoms in total. The fourth-order valence-electron chi connectivity index (χ4n) is 2.15. The van der Waals surface area contributed by atoms with Crippen molar-refractivity contribution in [1.82, 2.24) is 9.88 Å². The molecule has 2 heterocycles. The van der Waals surface area contributed by atoms with Gasteiger partial charge in [-0.2, -0.15) is 0 Å². The number of rotatable bonds is 3. The van der Waals surface area contributed by atoms with Crippen LogP contribution in [-0.4, -0.2) is 35.2 Å². The van der Waals surface area contributed by atoms with E-state index in [0.29, 0.717) is 6.54 Å². The lowest BCUT2D eigenvalue weighted by Gasteiger charge is -2.37. The predicted octanol–water partition coefficient (Wildman–Crippen LogP) is 1.15. The van der Waals surface area contributed by atoms with Crippen LogP contribution in [0.25, 0.3) is 0 Å². The number of aromatic nitrogens is 1. The molecule has 0 aromatic carbocycles. The van der Waals surface area contributed by atoms with Crippen molar-refractivity contribution >= 4 is 0 Å². The second-order valence-electron chi connectivity index (χ2n) is 5.18. The zero-order valence-corrected chi connectivity index (χ0v) is 10.6. The van der Waals surface area contributed by atoms with E-state index in [1.165, 1.54) is 0 Å². The van der Waals surface area contributed by atoms with Gasteiger partial charge in [0.05, 0.1) is 17.9 Å². The summed E-state index contributed by atoms with van der Waals surface area (Å²) in [7, 11) is 0. The maximum absolute atomic E-state index is 5.69. The Hall–Kier alpha value is -0.970. The molecule has 0 spiro atoms. The fourth-order valence-corrected chi connectivity index (χ4v) is 2.15. The van der Waals surface area contributed by atoms with Crippen molar-refractivity contribution in [2.24, 2.45) is 5.73 Å². The number of nitrogens with zero attached hydrogens (tertiary/aromatic N) is 2. The minimum absolute atomic E-state index is 0.0462. The first-order chi connectivity index (χ1) is 8.09. The molecule has 1 aromatic rings. The summed E-state index contributed by atoms with van der Waals surface area (Å²) in [5, 5.41) is 0. The standard InChI is InChI=1S/C13H21N3O/c1-13(2)10-16(5-6-17-13)9-12-4-3-11(7-14)8-15-12/h3-4,8H,5-7,9-10,14H2,1-2H3. The molecule has 94 valence electrons. The van der Waals surface area contributed by atoms with E-state index in [1.54, 1.807) is 0 Å². The smallest absolute Gasteiger partial charge is 0.0753 e. The van der Waals surface area contributed by atoms with Crippen LogP contribution in [0, 0.1) is 0 Å². The highest BCUT2D eigenvalue weighted by Crippen LogP contribution is 2.17. The van der Waals surface area contributed by atoms with Crippen molar-refractivity contribution in [1.29, 1.82) is 0 Å². The normalized spacial score (nSPS) is 20.4. The van der Waals surface area contributed by atoms with E-state index < -0.39 is 0 Å². The van der Waals surface area contributed by atoms with Crippen LogP contribution >= 0.6 is 0 Å². The van der Waals surface area contributed by atoms with Gasteiger partial charge in [-0.15, -0.1) is 0 Å². The Morgan fingerprint density at radius 2 is 2.29 bits per heavy atom. The van der Waals surface area contributed by atoms with E-state index >= 15 is 0 Å². The van der Waals surface area contributed by atoms with Gasteiger partial charge in [0, 0.05) is 32.4 Å². The summed E-state index contributed by atoms with van der Waals surface area (Å²) in [6, 6.07) is 4.11. The highest BCUT2D eigenvalue weighted by Gasteiger charge is 2.27. The molecule has 17 heavy (non-hydrogen) atoms. The van der Waals surface area contributed by atoms with Crippen molar-refractivity contribution in [3.05, 3.63) is 29.6 Å². The summed E-state index contributed by atoms with van der Waals surface area (Å²) in [4.78, 5) is 6.81. The molecular formula is C13H21N3O. The molecule has 2 rings (SSSR count). The van der Waals surface area contributed by atoms with Gasteiger partial charge < -0.3 is 10.5 Å². The van der Waals surface area contributed by atoms with Crippen LogP contribution in [0.5, 0.6) is 0 Å². The lowest BCUT2D eigenvalue weighted by Crippen LogP contribution is -2.47. The number of pyridine rings is 1. The molecule has 1 aliphatic rings. The van der Waals surface area contributed by atoms with E-state index in [0.717, 1.165) is 37.5 Å². The van der Waals surface area contributed by atoms with Gasteiger partial charge in [0.15, 0.2) is 0 Å². The Bertz CT molecular complexity index is 361. The number of ether oxygens (including phenoxy) is 1. The zero-order chi connectivity index (χ0) is 12.3. The zero-order valence-electron chi connectivity index (χ0n) is 10.6. The molecule has 0 bridgehead atoms. The largest absolute Gasteiger partial charge is 0.373 e. The molecule has 4 heteroatoms. The average molecular weight is 235 g/mol. The molecule has 1 saturated heterocycles. The molecule has 0 amide bonds. The van der Waals surface area contributed by atoms with Gasteiger partial charge in [-0.3, -0.25) is 9.88 Å². The van der Waals surface area contributed by atoms with Crippen molar-refractivity contribution in [3.63, 3.8) is 0 Å². The first kappa shape index (κ1) is 12.5. The van der Waals surface area contributed by atoms with Crippen LogP contribution in [0.2, 0.25) is 0 Å². The highest BCUT2D eigenvalue weighted by molar-refractivity contribution is 5.13. The molecule has 0 aliphatic carbocycles. The van der Waals surface area contributed by atoms with Crippen LogP contribution in [-0.2, 0) is 17.8 Å². The Kier molecular flexibility index (Phi) is 3.76. The minimum atomic E-state index is -0.0462. The second-order valence-corrected chi connectivity index (χ2v) is 5.18. The van der Waals surface area contributed by atoms with Crippen LogP contribution in [0.1, 0.15) is 25.1 Å². The second kappa shape index (κ2) is 5.12. The Morgan fingerprint density at radius 3 is 2.88 bits per heavy atom. The molecule has 0 saturated carbocycles. The number of morpholine rings is 1. The van der Waals surface area contributed by atoms with Gasteiger partial charge in [0.1, 0.15) is 0 Å². The number of hydrogen-bond acceptors (Lipinski definition) is 4. The van der Waals surface area contributed by atoms with Gasteiger partial charge in [0.2, 0.25) is 0 Å². The molecular weight excluding hydrogens is 214 g/mol. The van der Waals surface area contributed by atoms with Crippen LogP contribution < -0.4 is 5.73 Å². The number of nitrogens with two attached hydrogens (primary N) is 1. The summed E-state index contributed by atoms with van der Waals surface area (Å²) >= 11 is 0. The first-order valence-corrected chi connectivity index (χ1v) is 6.09. The summed E-state index contributed by atoms with van der Waals surface area (Å²) in [5.41, 5.74) is 7.68. The quantitative estimate of drug-likeness (QED) is 0.854. The third kappa shape index (κ3) is 3.49. The molecule has 1 aromatic heterocycles. The van der Waals surface area contributed by atoms with Crippen LogP contribution in [0.3, 0.4) is 0 Å². The molecule has 0 atom stereocenters. The van der Waals surface area contributed by atoms with E-state index in [2.05, 4.69) is 29.8 Å².